The second kappa shape index (κ2) is 8.40. The molecule has 1 amide bonds. The molecule has 1 aromatic heterocycles. The number of rotatable bonds is 4. The molecule has 2 heterocycles. The Balaban J connectivity index is 1.48. The molecular weight excluding hydrogens is 348 g/mol. The summed E-state index contributed by atoms with van der Waals surface area (Å²) in [5.74, 6) is 0.171. The van der Waals surface area contributed by atoms with Crippen LogP contribution in [0.1, 0.15) is 18.9 Å². The van der Waals surface area contributed by atoms with E-state index in [4.69, 9.17) is 0 Å². The van der Waals surface area contributed by atoms with Crippen LogP contribution in [0.25, 0.3) is 22.4 Å². The number of benzene rings is 2. The Morgan fingerprint density at radius 3 is 2.39 bits per heavy atom. The Labute approximate surface area is 166 Å². The number of carbonyl (C=O) groups is 1. The van der Waals surface area contributed by atoms with E-state index in [-0.39, 0.29) is 5.91 Å². The minimum atomic E-state index is 0.171. The van der Waals surface area contributed by atoms with Crippen LogP contribution in [-0.4, -0.2) is 52.1 Å². The molecular formula is C23H26N4O. The number of H-pyrrole nitrogens is 1. The van der Waals surface area contributed by atoms with Gasteiger partial charge >= 0.3 is 0 Å². The first-order valence-corrected chi connectivity index (χ1v) is 9.86. The lowest BCUT2D eigenvalue weighted by atomic mass is 10.0. The van der Waals surface area contributed by atoms with Crippen LogP contribution in [0.15, 0.2) is 60.8 Å². The summed E-state index contributed by atoms with van der Waals surface area (Å²) in [5.41, 5.74) is 5.85. The van der Waals surface area contributed by atoms with Crippen LogP contribution in [0.4, 0.5) is 0 Å². The third-order valence-electron chi connectivity index (χ3n) is 5.43. The minimum Gasteiger partial charge on any atom is -0.342 e. The van der Waals surface area contributed by atoms with E-state index in [2.05, 4.69) is 63.6 Å². The quantitative estimate of drug-likeness (QED) is 0.756. The van der Waals surface area contributed by atoms with Crippen molar-refractivity contribution in [1.29, 1.82) is 0 Å². The number of aromatic nitrogens is 2. The van der Waals surface area contributed by atoms with Gasteiger partial charge in [0.2, 0.25) is 5.91 Å². The highest BCUT2D eigenvalue weighted by Gasteiger charge is 2.18. The smallest absolute Gasteiger partial charge is 0.219 e. The molecule has 1 aliphatic rings. The van der Waals surface area contributed by atoms with Gasteiger partial charge in [-0.05, 0) is 23.1 Å². The summed E-state index contributed by atoms with van der Waals surface area (Å²) >= 11 is 0. The van der Waals surface area contributed by atoms with Gasteiger partial charge in [0.15, 0.2) is 0 Å². The average Bonchev–Trinajstić information content (AvgIpc) is 3.05. The van der Waals surface area contributed by atoms with Gasteiger partial charge in [-0.1, -0.05) is 54.6 Å². The van der Waals surface area contributed by atoms with E-state index in [0.717, 1.165) is 50.4 Å². The summed E-state index contributed by atoms with van der Waals surface area (Å²) in [4.78, 5) is 16.0. The second-order valence-electron chi connectivity index (χ2n) is 7.35. The zero-order valence-corrected chi connectivity index (χ0v) is 16.3. The Morgan fingerprint density at radius 2 is 1.64 bits per heavy atom. The Bertz CT molecular complexity index is 917. The molecule has 144 valence electrons. The van der Waals surface area contributed by atoms with Gasteiger partial charge in [0, 0.05) is 45.2 Å². The maximum atomic E-state index is 11.6. The molecule has 3 aromatic rings. The van der Waals surface area contributed by atoms with Gasteiger partial charge in [-0.2, -0.15) is 5.10 Å². The number of nitrogens with one attached hydrogen (secondary N) is 1. The predicted molar refractivity (Wildman–Crippen MR) is 112 cm³/mol. The monoisotopic (exact) mass is 374 g/mol. The van der Waals surface area contributed by atoms with E-state index in [0.29, 0.717) is 0 Å². The average molecular weight is 374 g/mol. The number of aromatic amines is 1. The van der Waals surface area contributed by atoms with E-state index >= 15 is 0 Å². The van der Waals surface area contributed by atoms with Gasteiger partial charge in [0.05, 0.1) is 11.9 Å². The summed E-state index contributed by atoms with van der Waals surface area (Å²) in [5, 5.41) is 7.47. The van der Waals surface area contributed by atoms with Crippen molar-refractivity contribution < 1.29 is 4.79 Å². The lowest BCUT2D eigenvalue weighted by molar-refractivity contribution is -0.128. The predicted octanol–water partition coefficient (Wildman–Crippen LogP) is 3.80. The van der Waals surface area contributed by atoms with Crippen molar-refractivity contribution in [3.05, 3.63) is 66.4 Å². The summed E-state index contributed by atoms with van der Waals surface area (Å²) in [6.07, 6.45) is 2.94. The van der Waals surface area contributed by atoms with Crippen molar-refractivity contribution >= 4 is 5.91 Å². The highest BCUT2D eigenvalue weighted by molar-refractivity contribution is 5.73. The van der Waals surface area contributed by atoms with Crippen LogP contribution in [0.3, 0.4) is 0 Å². The maximum Gasteiger partial charge on any atom is 0.219 e. The molecule has 0 atom stereocenters. The third kappa shape index (κ3) is 4.15. The first kappa shape index (κ1) is 18.4. The zero-order chi connectivity index (χ0) is 19.3. The Hall–Kier alpha value is -2.92. The highest BCUT2D eigenvalue weighted by atomic mass is 16.2. The first-order valence-electron chi connectivity index (χ1n) is 9.86. The van der Waals surface area contributed by atoms with Crippen LogP contribution in [0.2, 0.25) is 0 Å². The largest absolute Gasteiger partial charge is 0.342 e. The van der Waals surface area contributed by atoms with Gasteiger partial charge in [0.1, 0.15) is 0 Å². The SMILES string of the molecule is CC(=O)N1CCCN(Cc2cn[nH]c2-c2ccc(-c3ccccc3)cc2)CC1. The van der Waals surface area contributed by atoms with Gasteiger partial charge < -0.3 is 4.90 Å². The van der Waals surface area contributed by atoms with Crippen LogP contribution in [-0.2, 0) is 11.3 Å². The van der Waals surface area contributed by atoms with Crippen molar-refractivity contribution in [2.45, 2.75) is 19.9 Å². The summed E-state index contributed by atoms with van der Waals surface area (Å²) < 4.78 is 0. The van der Waals surface area contributed by atoms with E-state index in [1.165, 1.54) is 16.7 Å². The molecule has 2 aromatic carbocycles. The number of nitrogens with zero attached hydrogens (tertiary/aromatic N) is 3. The first-order chi connectivity index (χ1) is 13.7. The molecule has 1 aliphatic heterocycles. The minimum absolute atomic E-state index is 0.171. The zero-order valence-electron chi connectivity index (χ0n) is 16.3. The van der Waals surface area contributed by atoms with E-state index < -0.39 is 0 Å². The molecule has 0 unspecified atom stereocenters. The molecule has 1 N–H and O–H groups in total. The summed E-state index contributed by atoms with van der Waals surface area (Å²) in [7, 11) is 0. The maximum absolute atomic E-state index is 11.6. The van der Waals surface area contributed by atoms with Gasteiger partial charge in [-0.3, -0.25) is 14.8 Å². The van der Waals surface area contributed by atoms with Gasteiger partial charge in [-0.15, -0.1) is 0 Å². The molecule has 1 fully saturated rings. The van der Waals surface area contributed by atoms with Crippen LogP contribution in [0.5, 0.6) is 0 Å². The fourth-order valence-electron chi connectivity index (χ4n) is 3.83. The van der Waals surface area contributed by atoms with E-state index in [1.807, 2.05) is 17.2 Å². The molecule has 5 nitrogen and oxygen atoms in total. The van der Waals surface area contributed by atoms with Crippen molar-refractivity contribution in [3.8, 4) is 22.4 Å². The molecule has 0 bridgehead atoms. The lowest BCUT2D eigenvalue weighted by Crippen LogP contribution is -2.33. The molecule has 0 saturated carbocycles. The number of hydrogen-bond donors (Lipinski definition) is 1. The molecule has 0 radical (unpaired) electrons. The van der Waals surface area contributed by atoms with Crippen molar-refractivity contribution in [3.63, 3.8) is 0 Å². The van der Waals surface area contributed by atoms with E-state index in [9.17, 15) is 4.79 Å². The van der Waals surface area contributed by atoms with Crippen LogP contribution in [0, 0.1) is 0 Å². The number of amides is 1. The topological polar surface area (TPSA) is 52.2 Å². The number of hydrogen-bond acceptors (Lipinski definition) is 3. The van der Waals surface area contributed by atoms with Gasteiger partial charge in [0.25, 0.3) is 0 Å². The molecule has 0 spiro atoms. The highest BCUT2D eigenvalue weighted by Crippen LogP contribution is 2.26. The molecule has 5 heteroatoms. The standard InChI is InChI=1S/C23H26N4O/c1-18(28)27-13-5-12-26(14-15-27)17-22-16-24-25-23(22)21-10-8-20(9-11-21)19-6-3-2-4-7-19/h2-4,6-11,16H,5,12-15,17H2,1H3,(H,24,25). The Kier molecular flexibility index (Phi) is 5.53. The molecule has 4 rings (SSSR count). The fraction of sp³-hybridized carbons (Fsp3) is 0.304. The summed E-state index contributed by atoms with van der Waals surface area (Å²) in [6, 6.07) is 19.0. The van der Waals surface area contributed by atoms with Crippen LogP contribution < -0.4 is 0 Å². The van der Waals surface area contributed by atoms with Gasteiger partial charge in [-0.25, -0.2) is 0 Å². The van der Waals surface area contributed by atoms with Crippen molar-refractivity contribution in [2.24, 2.45) is 0 Å². The molecule has 1 saturated heterocycles. The normalized spacial score (nSPS) is 15.4. The summed E-state index contributed by atoms with van der Waals surface area (Å²) in [6.45, 7) is 6.05. The van der Waals surface area contributed by atoms with Crippen molar-refractivity contribution in [1.82, 2.24) is 20.0 Å². The number of carbonyl (C=O) groups excluding carboxylic acids is 1. The lowest BCUT2D eigenvalue weighted by Gasteiger charge is -2.21. The second-order valence-corrected chi connectivity index (χ2v) is 7.35. The molecule has 28 heavy (non-hydrogen) atoms. The fourth-order valence-corrected chi connectivity index (χ4v) is 3.83. The van der Waals surface area contributed by atoms with Crippen molar-refractivity contribution in [2.75, 3.05) is 26.2 Å². The molecule has 0 aliphatic carbocycles. The Morgan fingerprint density at radius 1 is 0.929 bits per heavy atom. The van der Waals surface area contributed by atoms with Crippen LogP contribution >= 0.6 is 0 Å². The van der Waals surface area contributed by atoms with E-state index in [1.54, 1.807) is 6.92 Å². The third-order valence-corrected chi connectivity index (χ3v) is 5.43.